The molecule has 0 aromatic rings. The molecular weight excluding hydrogens is 554 g/mol. The third-order valence-corrected chi connectivity index (χ3v) is 7.59. The lowest BCUT2D eigenvalue weighted by Crippen LogP contribution is -2.45. The molecule has 4 nitrogen and oxygen atoms in total. The van der Waals surface area contributed by atoms with Crippen LogP contribution in [0.4, 0.5) is 0 Å². The predicted octanol–water partition coefficient (Wildman–Crippen LogP) is 10.9. The molecule has 0 radical (unpaired) electrons. The fourth-order valence-electron chi connectivity index (χ4n) is 4.77. The molecule has 0 heterocycles. The number of aliphatic hydroxyl groups is 2. The average molecular weight is 624 g/mol. The Morgan fingerprint density at radius 1 is 0.556 bits per heavy atom. The molecule has 0 rings (SSSR count). The highest BCUT2D eigenvalue weighted by atomic mass is 16.3. The van der Waals surface area contributed by atoms with Gasteiger partial charge in [0.05, 0.1) is 18.8 Å². The molecule has 0 aromatic carbocycles. The van der Waals surface area contributed by atoms with Crippen molar-refractivity contribution in [1.29, 1.82) is 0 Å². The quantitative estimate of drug-likeness (QED) is 0.0531. The zero-order valence-corrected chi connectivity index (χ0v) is 29.1. The van der Waals surface area contributed by atoms with E-state index in [0.717, 1.165) is 70.6 Å². The van der Waals surface area contributed by atoms with Crippen LogP contribution in [0, 0.1) is 0 Å². The summed E-state index contributed by atoms with van der Waals surface area (Å²) in [7, 11) is 0. The molecule has 0 saturated carbocycles. The highest BCUT2D eigenvalue weighted by molar-refractivity contribution is 5.76. The van der Waals surface area contributed by atoms with Crippen LogP contribution in [0.2, 0.25) is 0 Å². The molecule has 2 atom stereocenters. The zero-order valence-electron chi connectivity index (χ0n) is 29.1. The van der Waals surface area contributed by atoms with E-state index < -0.39 is 12.1 Å². The normalized spacial score (nSPS) is 14.1. The fourth-order valence-corrected chi connectivity index (χ4v) is 4.77. The number of carbonyl (C=O) groups excluding carboxylic acids is 1. The van der Waals surface area contributed by atoms with Crippen molar-refractivity contribution in [2.75, 3.05) is 6.61 Å². The summed E-state index contributed by atoms with van der Waals surface area (Å²) in [5.74, 6) is -0.0935. The van der Waals surface area contributed by atoms with E-state index in [1.54, 1.807) is 6.08 Å². The van der Waals surface area contributed by atoms with Crippen LogP contribution < -0.4 is 5.32 Å². The van der Waals surface area contributed by atoms with E-state index in [-0.39, 0.29) is 12.5 Å². The van der Waals surface area contributed by atoms with E-state index >= 15 is 0 Å². The van der Waals surface area contributed by atoms with Gasteiger partial charge in [-0.2, -0.15) is 0 Å². The van der Waals surface area contributed by atoms with Crippen molar-refractivity contribution in [2.24, 2.45) is 0 Å². The predicted molar refractivity (Wildman–Crippen MR) is 197 cm³/mol. The van der Waals surface area contributed by atoms with Gasteiger partial charge < -0.3 is 15.5 Å². The van der Waals surface area contributed by atoms with Crippen LogP contribution >= 0.6 is 0 Å². The van der Waals surface area contributed by atoms with Crippen LogP contribution in [0.15, 0.2) is 85.1 Å². The van der Waals surface area contributed by atoms with Crippen molar-refractivity contribution in [3.8, 4) is 0 Å². The van der Waals surface area contributed by atoms with Gasteiger partial charge in [0.15, 0.2) is 0 Å². The second-order valence-electron chi connectivity index (χ2n) is 11.9. The van der Waals surface area contributed by atoms with E-state index in [0.29, 0.717) is 6.42 Å². The molecule has 1 amide bonds. The Labute approximate surface area is 278 Å². The summed E-state index contributed by atoms with van der Waals surface area (Å²) in [6.45, 7) is 4.10. The summed E-state index contributed by atoms with van der Waals surface area (Å²) in [4.78, 5) is 12.3. The van der Waals surface area contributed by atoms with Gasteiger partial charge in [-0.15, -0.1) is 0 Å². The van der Waals surface area contributed by atoms with Crippen LogP contribution in [-0.4, -0.2) is 34.9 Å². The molecule has 256 valence electrons. The summed E-state index contributed by atoms with van der Waals surface area (Å²) in [5.41, 5.74) is 0. The lowest BCUT2D eigenvalue weighted by Gasteiger charge is -2.19. The van der Waals surface area contributed by atoms with Gasteiger partial charge in [-0.1, -0.05) is 150 Å². The van der Waals surface area contributed by atoms with Crippen molar-refractivity contribution in [2.45, 2.75) is 161 Å². The van der Waals surface area contributed by atoms with Gasteiger partial charge in [-0.05, 0) is 77.0 Å². The van der Waals surface area contributed by atoms with Gasteiger partial charge in [-0.3, -0.25) is 4.79 Å². The lowest BCUT2D eigenvalue weighted by atomic mass is 10.1. The summed E-state index contributed by atoms with van der Waals surface area (Å²) >= 11 is 0. The highest BCUT2D eigenvalue weighted by Gasteiger charge is 2.17. The number of rotatable bonds is 31. The first-order valence-electron chi connectivity index (χ1n) is 18.3. The maximum atomic E-state index is 12.3. The topological polar surface area (TPSA) is 69.6 Å². The minimum Gasteiger partial charge on any atom is -0.394 e. The molecule has 3 N–H and O–H groups in total. The molecule has 0 aliphatic carbocycles. The first-order chi connectivity index (χ1) is 22.2. The average Bonchev–Trinajstić information content (AvgIpc) is 3.04. The molecular formula is C41H69NO3. The van der Waals surface area contributed by atoms with Gasteiger partial charge >= 0.3 is 0 Å². The fraction of sp³-hybridized carbons (Fsp3) is 0.634. The molecule has 0 fully saturated rings. The van der Waals surface area contributed by atoms with Crippen LogP contribution in [0.1, 0.15) is 149 Å². The van der Waals surface area contributed by atoms with E-state index in [1.807, 2.05) is 6.08 Å². The Hall–Kier alpha value is -2.43. The largest absolute Gasteiger partial charge is 0.394 e. The molecule has 0 aliphatic rings. The zero-order chi connectivity index (χ0) is 32.9. The van der Waals surface area contributed by atoms with Crippen molar-refractivity contribution in [1.82, 2.24) is 5.32 Å². The molecule has 0 aliphatic heterocycles. The summed E-state index contributed by atoms with van der Waals surface area (Å²) in [6.07, 6.45) is 52.4. The first kappa shape index (κ1) is 42.6. The van der Waals surface area contributed by atoms with Gasteiger partial charge in [0.1, 0.15) is 0 Å². The number of amides is 1. The maximum absolute atomic E-state index is 12.3. The third kappa shape index (κ3) is 32.8. The minimum atomic E-state index is -0.876. The maximum Gasteiger partial charge on any atom is 0.220 e. The smallest absolute Gasteiger partial charge is 0.220 e. The van der Waals surface area contributed by atoms with Crippen LogP contribution in [-0.2, 0) is 4.79 Å². The molecule has 0 aromatic heterocycles. The standard InChI is InChI=1S/C41H69NO3/c1-3-5-7-9-11-13-15-17-18-19-20-21-22-23-24-25-27-29-31-33-35-37-41(45)42-39(38-43)40(44)36-34-32-30-28-26-16-14-12-10-8-6-4-2/h5,7,10-13,17-18,20-21,26,28,34,36,39-40,43-44H,3-4,6,8-9,14-16,19,22-25,27,29-33,35,37-38H2,1-2H3,(H,42,45)/b7-5-,12-10+,13-11-,18-17-,21-20-,28-26+,36-34+. The first-order valence-corrected chi connectivity index (χ1v) is 18.3. The number of hydrogen-bond acceptors (Lipinski definition) is 3. The Morgan fingerprint density at radius 3 is 1.56 bits per heavy atom. The lowest BCUT2D eigenvalue weighted by molar-refractivity contribution is -0.123. The van der Waals surface area contributed by atoms with Crippen molar-refractivity contribution < 1.29 is 15.0 Å². The number of allylic oxidation sites excluding steroid dienone is 13. The molecule has 0 spiro atoms. The van der Waals surface area contributed by atoms with Gasteiger partial charge in [0.25, 0.3) is 0 Å². The summed E-state index contributed by atoms with van der Waals surface area (Å²) in [6, 6.07) is -0.652. The Morgan fingerprint density at radius 2 is 1.00 bits per heavy atom. The monoisotopic (exact) mass is 624 g/mol. The van der Waals surface area contributed by atoms with Crippen molar-refractivity contribution in [3.05, 3.63) is 85.1 Å². The number of unbranched alkanes of at least 4 members (excludes halogenated alkanes) is 12. The molecule has 0 bridgehead atoms. The van der Waals surface area contributed by atoms with Crippen LogP contribution in [0.25, 0.3) is 0 Å². The molecule has 0 saturated heterocycles. The Balaban J connectivity index is 3.71. The number of carbonyl (C=O) groups is 1. The summed E-state index contributed by atoms with van der Waals surface area (Å²) < 4.78 is 0. The highest BCUT2D eigenvalue weighted by Crippen LogP contribution is 2.11. The number of aliphatic hydroxyl groups excluding tert-OH is 2. The Bertz CT molecular complexity index is 849. The SMILES string of the molecule is CC/C=C\C/C=C\C/C=C\C/C=C\CCCCCCCCCCC(=O)NC(CO)C(O)/C=C/CC/C=C/CC/C=C/CCCC. The molecule has 4 heteroatoms. The van der Waals surface area contributed by atoms with Gasteiger partial charge in [0, 0.05) is 6.42 Å². The third-order valence-electron chi connectivity index (χ3n) is 7.59. The minimum absolute atomic E-state index is 0.0935. The van der Waals surface area contributed by atoms with E-state index in [9.17, 15) is 15.0 Å². The van der Waals surface area contributed by atoms with Crippen LogP contribution in [0.5, 0.6) is 0 Å². The second-order valence-corrected chi connectivity index (χ2v) is 11.9. The summed E-state index contributed by atoms with van der Waals surface area (Å²) in [5, 5.41) is 22.8. The van der Waals surface area contributed by atoms with Crippen LogP contribution in [0.3, 0.4) is 0 Å². The van der Waals surface area contributed by atoms with E-state index in [4.69, 9.17) is 0 Å². The van der Waals surface area contributed by atoms with Crippen molar-refractivity contribution >= 4 is 5.91 Å². The van der Waals surface area contributed by atoms with E-state index in [1.165, 1.54) is 57.8 Å². The number of hydrogen-bond donors (Lipinski definition) is 3. The second kappa shape index (κ2) is 36.0. The number of nitrogens with one attached hydrogen (secondary N) is 1. The molecule has 2 unspecified atom stereocenters. The van der Waals surface area contributed by atoms with E-state index in [2.05, 4.69) is 92.1 Å². The molecule has 45 heavy (non-hydrogen) atoms. The van der Waals surface area contributed by atoms with Gasteiger partial charge in [0.2, 0.25) is 5.91 Å². The Kier molecular flexibility index (Phi) is 34.1. The van der Waals surface area contributed by atoms with Gasteiger partial charge in [-0.25, -0.2) is 0 Å². The van der Waals surface area contributed by atoms with Crippen molar-refractivity contribution in [3.63, 3.8) is 0 Å².